The van der Waals surface area contributed by atoms with E-state index in [2.05, 4.69) is 5.32 Å². The Balaban J connectivity index is 2.22. The van der Waals surface area contributed by atoms with Gasteiger partial charge in [-0.1, -0.05) is 0 Å². The predicted octanol–water partition coefficient (Wildman–Crippen LogP) is 1.05. The summed E-state index contributed by atoms with van der Waals surface area (Å²) in [6.07, 6.45) is 1.69. The van der Waals surface area contributed by atoms with Gasteiger partial charge in [0.25, 0.3) is 0 Å². The van der Waals surface area contributed by atoms with Crippen LogP contribution in [0.15, 0.2) is 0 Å². The van der Waals surface area contributed by atoms with Crippen LogP contribution < -0.4 is 5.32 Å². The number of nitrogens with one attached hydrogen (secondary N) is 1. The first kappa shape index (κ1) is 11.5. The second kappa shape index (κ2) is 4.75. The molecular formula is C10H19NO3. The van der Waals surface area contributed by atoms with E-state index < -0.39 is 5.79 Å². The zero-order valence-corrected chi connectivity index (χ0v) is 9.13. The summed E-state index contributed by atoms with van der Waals surface area (Å²) in [5.41, 5.74) is 0. The summed E-state index contributed by atoms with van der Waals surface area (Å²) in [6.45, 7) is 6.80. The molecular weight excluding hydrogens is 182 g/mol. The molecule has 4 heteroatoms. The summed E-state index contributed by atoms with van der Waals surface area (Å²) in [5.74, 6) is -0.428. The molecule has 1 rings (SSSR count). The molecule has 1 fully saturated rings. The minimum absolute atomic E-state index is 0.0101. The van der Waals surface area contributed by atoms with E-state index in [-0.39, 0.29) is 11.9 Å². The zero-order valence-electron chi connectivity index (χ0n) is 9.13. The van der Waals surface area contributed by atoms with Crippen LogP contribution >= 0.6 is 0 Å². The molecule has 14 heavy (non-hydrogen) atoms. The van der Waals surface area contributed by atoms with Crippen LogP contribution in [0, 0.1) is 0 Å². The first-order valence-corrected chi connectivity index (χ1v) is 5.07. The van der Waals surface area contributed by atoms with Gasteiger partial charge in [0.1, 0.15) is 0 Å². The number of ether oxygens (including phenoxy) is 2. The summed E-state index contributed by atoms with van der Waals surface area (Å²) in [6, 6.07) is 0.178. The van der Waals surface area contributed by atoms with Gasteiger partial charge in [-0.2, -0.15) is 0 Å². The summed E-state index contributed by atoms with van der Waals surface area (Å²) < 4.78 is 10.9. The molecule has 0 aliphatic carbocycles. The van der Waals surface area contributed by atoms with E-state index in [1.165, 1.54) is 6.92 Å². The van der Waals surface area contributed by atoms with Gasteiger partial charge < -0.3 is 14.8 Å². The molecule has 1 unspecified atom stereocenters. The van der Waals surface area contributed by atoms with Gasteiger partial charge in [0.05, 0.1) is 13.2 Å². The van der Waals surface area contributed by atoms with Gasteiger partial charge in [0, 0.05) is 19.4 Å². The topological polar surface area (TPSA) is 47.6 Å². The lowest BCUT2D eigenvalue weighted by Crippen LogP contribution is -2.34. The third-order valence-electron chi connectivity index (χ3n) is 2.38. The van der Waals surface area contributed by atoms with Crippen molar-refractivity contribution in [3.63, 3.8) is 0 Å². The molecule has 82 valence electrons. The van der Waals surface area contributed by atoms with Crippen LogP contribution in [0.4, 0.5) is 0 Å². The van der Waals surface area contributed by atoms with Crippen molar-refractivity contribution < 1.29 is 14.3 Å². The second-order valence-electron chi connectivity index (χ2n) is 3.97. The van der Waals surface area contributed by atoms with Crippen LogP contribution in [-0.2, 0) is 14.3 Å². The highest BCUT2D eigenvalue weighted by Gasteiger charge is 2.30. The lowest BCUT2D eigenvalue weighted by Gasteiger charge is -2.24. The van der Waals surface area contributed by atoms with Crippen molar-refractivity contribution in [2.75, 3.05) is 13.2 Å². The van der Waals surface area contributed by atoms with Crippen molar-refractivity contribution in [3.05, 3.63) is 0 Å². The summed E-state index contributed by atoms with van der Waals surface area (Å²) in [5, 5.41) is 2.83. The minimum Gasteiger partial charge on any atom is -0.354 e. The van der Waals surface area contributed by atoms with Gasteiger partial charge in [-0.05, 0) is 20.3 Å². The molecule has 0 saturated carbocycles. The van der Waals surface area contributed by atoms with E-state index in [9.17, 15) is 4.79 Å². The molecule has 4 nitrogen and oxygen atoms in total. The first-order valence-electron chi connectivity index (χ1n) is 5.07. The highest BCUT2D eigenvalue weighted by atomic mass is 16.7. The fourth-order valence-corrected chi connectivity index (χ4v) is 1.60. The molecule has 0 aromatic carbocycles. The van der Waals surface area contributed by atoms with E-state index in [1.54, 1.807) is 0 Å². The lowest BCUT2D eigenvalue weighted by molar-refractivity contribution is -0.148. The van der Waals surface area contributed by atoms with Gasteiger partial charge in [-0.15, -0.1) is 0 Å². The number of hydrogen-bond donors (Lipinski definition) is 1. The van der Waals surface area contributed by atoms with Crippen LogP contribution in [0.2, 0.25) is 0 Å². The molecule has 0 aromatic rings. The van der Waals surface area contributed by atoms with Gasteiger partial charge in [0.15, 0.2) is 5.79 Å². The maximum atomic E-state index is 10.8. The lowest BCUT2D eigenvalue weighted by atomic mass is 10.1. The van der Waals surface area contributed by atoms with Crippen LogP contribution in [0.25, 0.3) is 0 Å². The molecule has 1 N–H and O–H groups in total. The molecule has 0 radical (unpaired) electrons. The largest absolute Gasteiger partial charge is 0.354 e. The van der Waals surface area contributed by atoms with Crippen molar-refractivity contribution in [2.45, 2.75) is 45.4 Å². The van der Waals surface area contributed by atoms with Gasteiger partial charge >= 0.3 is 0 Å². The summed E-state index contributed by atoms with van der Waals surface area (Å²) in [4.78, 5) is 10.8. The highest BCUT2D eigenvalue weighted by molar-refractivity contribution is 5.73. The Kier molecular flexibility index (Phi) is 3.89. The molecule has 1 aliphatic heterocycles. The van der Waals surface area contributed by atoms with Crippen molar-refractivity contribution in [3.8, 4) is 0 Å². The molecule has 0 spiro atoms. The predicted molar refractivity (Wildman–Crippen MR) is 52.8 cm³/mol. The fourth-order valence-electron chi connectivity index (χ4n) is 1.60. The Morgan fingerprint density at radius 3 is 2.57 bits per heavy atom. The Bertz CT molecular complexity index is 200. The molecule has 1 saturated heterocycles. The van der Waals surface area contributed by atoms with Gasteiger partial charge in [0.2, 0.25) is 5.91 Å². The third-order valence-corrected chi connectivity index (χ3v) is 2.38. The smallest absolute Gasteiger partial charge is 0.217 e. The van der Waals surface area contributed by atoms with Crippen LogP contribution in [0.3, 0.4) is 0 Å². The van der Waals surface area contributed by atoms with E-state index >= 15 is 0 Å². The standard InChI is InChI=1S/C10H19NO3/c1-8(11-9(2)12)4-5-10(3)13-6-7-14-10/h8H,4-7H2,1-3H3,(H,11,12). The quantitative estimate of drug-likeness (QED) is 0.739. The van der Waals surface area contributed by atoms with Gasteiger partial charge in [-0.3, -0.25) is 4.79 Å². The Morgan fingerprint density at radius 2 is 2.07 bits per heavy atom. The Morgan fingerprint density at radius 1 is 1.50 bits per heavy atom. The average molecular weight is 201 g/mol. The van der Waals surface area contributed by atoms with Crippen LogP contribution in [-0.4, -0.2) is 30.9 Å². The number of carbonyl (C=O) groups excluding carboxylic acids is 1. The molecule has 1 atom stereocenters. The maximum absolute atomic E-state index is 10.8. The molecule has 0 bridgehead atoms. The van der Waals surface area contributed by atoms with Crippen molar-refractivity contribution in [2.24, 2.45) is 0 Å². The Hall–Kier alpha value is -0.610. The number of amides is 1. The zero-order chi connectivity index (χ0) is 10.6. The van der Waals surface area contributed by atoms with Gasteiger partial charge in [-0.25, -0.2) is 0 Å². The second-order valence-corrected chi connectivity index (χ2v) is 3.97. The van der Waals surface area contributed by atoms with E-state index in [0.717, 1.165) is 12.8 Å². The number of rotatable bonds is 4. The number of carbonyl (C=O) groups is 1. The molecule has 1 amide bonds. The molecule has 1 aliphatic rings. The van der Waals surface area contributed by atoms with Crippen molar-refractivity contribution in [1.82, 2.24) is 5.32 Å². The summed E-state index contributed by atoms with van der Waals surface area (Å²) in [7, 11) is 0. The van der Waals surface area contributed by atoms with Crippen molar-refractivity contribution >= 4 is 5.91 Å². The average Bonchev–Trinajstić information content (AvgIpc) is 2.49. The van der Waals surface area contributed by atoms with E-state index in [4.69, 9.17) is 9.47 Å². The minimum atomic E-state index is -0.438. The Labute approximate surface area is 85.0 Å². The monoisotopic (exact) mass is 201 g/mol. The van der Waals surface area contributed by atoms with E-state index in [0.29, 0.717) is 13.2 Å². The normalized spacial score (nSPS) is 21.9. The highest BCUT2D eigenvalue weighted by Crippen LogP contribution is 2.24. The van der Waals surface area contributed by atoms with Crippen LogP contribution in [0.5, 0.6) is 0 Å². The molecule has 0 aromatic heterocycles. The van der Waals surface area contributed by atoms with E-state index in [1.807, 2.05) is 13.8 Å². The maximum Gasteiger partial charge on any atom is 0.217 e. The SMILES string of the molecule is CC(=O)NC(C)CCC1(C)OCCO1. The fraction of sp³-hybridized carbons (Fsp3) is 0.900. The molecule has 1 heterocycles. The van der Waals surface area contributed by atoms with Crippen LogP contribution in [0.1, 0.15) is 33.6 Å². The summed E-state index contributed by atoms with van der Waals surface area (Å²) >= 11 is 0. The number of hydrogen-bond acceptors (Lipinski definition) is 3. The first-order chi connectivity index (χ1) is 6.52. The third kappa shape index (κ3) is 3.64. The van der Waals surface area contributed by atoms with Crippen molar-refractivity contribution in [1.29, 1.82) is 0 Å².